The van der Waals surface area contributed by atoms with Gasteiger partial charge >= 0.3 is 12.1 Å². The fraction of sp³-hybridized carbons (Fsp3) is 0.217. The van der Waals surface area contributed by atoms with Gasteiger partial charge in [0.15, 0.2) is 0 Å². The van der Waals surface area contributed by atoms with Crippen LogP contribution in [0.2, 0.25) is 0 Å². The summed E-state index contributed by atoms with van der Waals surface area (Å²) in [5, 5.41) is 8.19. The van der Waals surface area contributed by atoms with Crippen molar-refractivity contribution in [2.24, 2.45) is 5.73 Å². The summed E-state index contributed by atoms with van der Waals surface area (Å²) in [6.45, 7) is 1.05. The molecule has 0 spiro atoms. The van der Waals surface area contributed by atoms with Crippen molar-refractivity contribution in [3.05, 3.63) is 72.7 Å². The second-order valence-electron chi connectivity index (χ2n) is 7.76. The standard InChI is InChI=1S/C23H21F3N6O2/c1-15(27)12-31(22(33)23(24,25)26)13-16-6-5-9-18(10-16)32-14-28-11-19(32)21-30-29-20(34-21)17-7-3-2-4-8-17/h2-11,14-15H,12-13,27H2,1H3. The molecule has 0 saturated carbocycles. The van der Waals surface area contributed by atoms with Gasteiger partial charge in [-0.3, -0.25) is 9.36 Å². The highest BCUT2D eigenvalue weighted by molar-refractivity contribution is 5.82. The first-order valence-electron chi connectivity index (χ1n) is 10.3. The SMILES string of the molecule is CC(N)CN(Cc1cccc(-n2cncc2-c2nnc(-c3ccccc3)o2)c1)C(=O)C(F)(F)F. The zero-order valence-corrected chi connectivity index (χ0v) is 18.1. The molecule has 2 aromatic carbocycles. The summed E-state index contributed by atoms with van der Waals surface area (Å²) in [5.41, 5.74) is 8.03. The molecule has 176 valence electrons. The van der Waals surface area contributed by atoms with E-state index in [9.17, 15) is 18.0 Å². The highest BCUT2D eigenvalue weighted by Crippen LogP contribution is 2.26. The van der Waals surface area contributed by atoms with E-state index in [2.05, 4.69) is 15.2 Å². The van der Waals surface area contributed by atoms with Gasteiger partial charge in [-0.1, -0.05) is 30.3 Å². The van der Waals surface area contributed by atoms with Crippen molar-refractivity contribution in [1.29, 1.82) is 0 Å². The Hall–Kier alpha value is -3.99. The second kappa shape index (κ2) is 9.48. The van der Waals surface area contributed by atoms with E-state index in [1.807, 2.05) is 30.3 Å². The minimum Gasteiger partial charge on any atom is -0.415 e. The Morgan fingerprint density at radius 3 is 2.56 bits per heavy atom. The van der Waals surface area contributed by atoms with Gasteiger partial charge in [0, 0.05) is 30.4 Å². The molecule has 0 aliphatic carbocycles. The maximum absolute atomic E-state index is 13.1. The van der Waals surface area contributed by atoms with Crippen molar-refractivity contribution in [2.75, 3.05) is 6.54 Å². The van der Waals surface area contributed by atoms with Crippen molar-refractivity contribution in [2.45, 2.75) is 25.7 Å². The number of nitrogens with two attached hydrogens (primary N) is 1. The first kappa shape index (κ1) is 23.2. The predicted octanol–water partition coefficient (Wildman–Crippen LogP) is 3.83. The van der Waals surface area contributed by atoms with Crippen molar-refractivity contribution >= 4 is 5.91 Å². The molecule has 4 aromatic rings. The van der Waals surface area contributed by atoms with E-state index in [0.717, 1.165) is 5.56 Å². The Bertz CT molecular complexity index is 1270. The van der Waals surface area contributed by atoms with Crippen LogP contribution in [0.25, 0.3) is 28.7 Å². The average molecular weight is 470 g/mol. The van der Waals surface area contributed by atoms with E-state index < -0.39 is 18.1 Å². The third-order valence-corrected chi connectivity index (χ3v) is 4.90. The van der Waals surface area contributed by atoms with Crippen LogP contribution in [0.3, 0.4) is 0 Å². The molecule has 8 nitrogen and oxygen atoms in total. The molecule has 11 heteroatoms. The summed E-state index contributed by atoms with van der Waals surface area (Å²) in [5.74, 6) is -1.36. The van der Waals surface area contributed by atoms with Crippen LogP contribution in [-0.4, -0.2) is 49.3 Å². The van der Waals surface area contributed by atoms with Crippen LogP contribution in [0.5, 0.6) is 0 Å². The van der Waals surface area contributed by atoms with E-state index in [-0.39, 0.29) is 19.0 Å². The van der Waals surface area contributed by atoms with Crippen LogP contribution in [0.4, 0.5) is 13.2 Å². The average Bonchev–Trinajstić information content (AvgIpc) is 3.48. The first-order chi connectivity index (χ1) is 16.2. The van der Waals surface area contributed by atoms with Gasteiger partial charge in [-0.15, -0.1) is 10.2 Å². The second-order valence-corrected chi connectivity index (χ2v) is 7.76. The Labute approximate surface area is 192 Å². The van der Waals surface area contributed by atoms with Gasteiger partial charge in [0.2, 0.25) is 5.89 Å². The Balaban J connectivity index is 1.62. The summed E-state index contributed by atoms with van der Waals surface area (Å²) < 4.78 is 46.6. The fourth-order valence-corrected chi connectivity index (χ4v) is 3.45. The number of hydrogen-bond donors (Lipinski definition) is 1. The number of amides is 1. The van der Waals surface area contributed by atoms with Crippen molar-refractivity contribution in [1.82, 2.24) is 24.6 Å². The van der Waals surface area contributed by atoms with Gasteiger partial charge in [-0.25, -0.2) is 4.98 Å². The largest absolute Gasteiger partial charge is 0.471 e. The molecule has 4 rings (SSSR count). The monoisotopic (exact) mass is 470 g/mol. The van der Waals surface area contributed by atoms with Crippen molar-refractivity contribution < 1.29 is 22.4 Å². The molecule has 0 bridgehead atoms. The van der Waals surface area contributed by atoms with Crippen LogP contribution in [0, 0.1) is 0 Å². The molecule has 1 amide bonds. The number of benzene rings is 2. The van der Waals surface area contributed by atoms with E-state index in [1.165, 1.54) is 6.33 Å². The third-order valence-electron chi connectivity index (χ3n) is 4.90. The summed E-state index contributed by atoms with van der Waals surface area (Å²) in [4.78, 5) is 16.7. The molecular formula is C23H21F3N6O2. The van der Waals surface area contributed by atoms with Crippen LogP contribution in [0.15, 0.2) is 71.5 Å². The zero-order chi connectivity index (χ0) is 24.3. The smallest absolute Gasteiger partial charge is 0.415 e. The topological polar surface area (TPSA) is 103 Å². The highest BCUT2D eigenvalue weighted by Gasteiger charge is 2.42. The lowest BCUT2D eigenvalue weighted by atomic mass is 10.1. The third kappa shape index (κ3) is 5.15. The Morgan fingerprint density at radius 2 is 1.85 bits per heavy atom. The summed E-state index contributed by atoms with van der Waals surface area (Å²) in [6.07, 6.45) is -1.91. The van der Waals surface area contributed by atoms with Crippen LogP contribution in [0.1, 0.15) is 12.5 Å². The minimum absolute atomic E-state index is 0.229. The zero-order valence-electron chi connectivity index (χ0n) is 18.1. The summed E-state index contributed by atoms with van der Waals surface area (Å²) in [6, 6.07) is 15.4. The number of carbonyl (C=O) groups is 1. The minimum atomic E-state index is -4.99. The maximum atomic E-state index is 13.1. The molecule has 0 aliphatic rings. The number of alkyl halides is 3. The lowest BCUT2D eigenvalue weighted by Gasteiger charge is -2.25. The van der Waals surface area contributed by atoms with Gasteiger partial charge in [0.05, 0.1) is 12.5 Å². The molecule has 34 heavy (non-hydrogen) atoms. The van der Waals surface area contributed by atoms with E-state index in [4.69, 9.17) is 10.2 Å². The number of hydrogen-bond acceptors (Lipinski definition) is 6. The molecule has 0 saturated heterocycles. The molecule has 0 fully saturated rings. The molecule has 1 unspecified atom stereocenters. The van der Waals surface area contributed by atoms with Gasteiger partial charge in [0.25, 0.3) is 5.89 Å². The Morgan fingerprint density at radius 1 is 1.12 bits per heavy atom. The molecule has 1 atom stereocenters. The summed E-state index contributed by atoms with van der Waals surface area (Å²) >= 11 is 0. The molecule has 2 aromatic heterocycles. The lowest BCUT2D eigenvalue weighted by Crippen LogP contribution is -2.45. The van der Waals surface area contributed by atoms with Gasteiger partial charge in [-0.05, 0) is 36.8 Å². The van der Waals surface area contributed by atoms with Crippen molar-refractivity contribution in [3.63, 3.8) is 0 Å². The van der Waals surface area contributed by atoms with Gasteiger partial charge in [-0.2, -0.15) is 13.2 Å². The first-order valence-corrected chi connectivity index (χ1v) is 10.3. The van der Waals surface area contributed by atoms with Crippen LogP contribution < -0.4 is 5.73 Å². The van der Waals surface area contributed by atoms with E-state index in [1.54, 1.807) is 42.0 Å². The number of aromatic nitrogens is 4. The maximum Gasteiger partial charge on any atom is 0.471 e. The fourth-order valence-electron chi connectivity index (χ4n) is 3.45. The number of halogens is 3. The van der Waals surface area contributed by atoms with E-state index in [0.29, 0.717) is 27.7 Å². The molecule has 0 aliphatic heterocycles. The van der Waals surface area contributed by atoms with Crippen molar-refractivity contribution in [3.8, 4) is 28.7 Å². The summed E-state index contributed by atoms with van der Waals surface area (Å²) in [7, 11) is 0. The molecule has 2 N–H and O–H groups in total. The predicted molar refractivity (Wildman–Crippen MR) is 117 cm³/mol. The van der Waals surface area contributed by atoms with Crippen LogP contribution >= 0.6 is 0 Å². The number of nitrogens with zero attached hydrogens (tertiary/aromatic N) is 5. The number of rotatable bonds is 7. The highest BCUT2D eigenvalue weighted by atomic mass is 19.4. The van der Waals surface area contributed by atoms with Gasteiger partial charge < -0.3 is 15.1 Å². The molecular weight excluding hydrogens is 449 g/mol. The lowest BCUT2D eigenvalue weighted by molar-refractivity contribution is -0.186. The Kier molecular flexibility index (Phi) is 6.46. The quantitative estimate of drug-likeness (QED) is 0.440. The normalized spacial score (nSPS) is 12.5. The molecule has 0 radical (unpaired) electrons. The van der Waals surface area contributed by atoms with Gasteiger partial charge in [0.1, 0.15) is 5.69 Å². The number of imidazole rings is 1. The number of carbonyl (C=O) groups excluding carboxylic acids is 1. The van der Waals surface area contributed by atoms with Crippen LogP contribution in [-0.2, 0) is 11.3 Å². The molecule has 2 heterocycles. The van der Waals surface area contributed by atoms with E-state index >= 15 is 0 Å².